The van der Waals surface area contributed by atoms with Crippen LogP contribution in [0.5, 0.6) is 0 Å². The van der Waals surface area contributed by atoms with Gasteiger partial charge < -0.3 is 0 Å². The molecular formula is C12H9FN4. The molecule has 0 aliphatic rings. The fraction of sp³-hybridized carbons (Fsp3) is 0.0833. The molecule has 0 unspecified atom stereocenters. The van der Waals surface area contributed by atoms with Crippen molar-refractivity contribution in [3.05, 3.63) is 48.3 Å². The summed E-state index contributed by atoms with van der Waals surface area (Å²) < 4.78 is 14.9. The normalized spacial score (nSPS) is 10.9. The van der Waals surface area contributed by atoms with Gasteiger partial charge in [0, 0.05) is 18.0 Å². The topological polar surface area (TPSA) is 43.1 Å². The van der Waals surface area contributed by atoms with Gasteiger partial charge in [0.15, 0.2) is 0 Å². The van der Waals surface area contributed by atoms with E-state index in [1.165, 1.54) is 6.07 Å². The Morgan fingerprint density at radius 2 is 2.12 bits per heavy atom. The van der Waals surface area contributed by atoms with Gasteiger partial charge in [-0.3, -0.25) is 4.40 Å². The van der Waals surface area contributed by atoms with Crippen molar-refractivity contribution in [1.29, 1.82) is 0 Å². The third-order valence-corrected chi connectivity index (χ3v) is 2.64. The zero-order valence-corrected chi connectivity index (χ0v) is 9.13. The van der Waals surface area contributed by atoms with Crippen LogP contribution in [0.25, 0.3) is 16.9 Å². The molecule has 0 saturated heterocycles. The zero-order valence-electron chi connectivity index (χ0n) is 9.13. The molecule has 84 valence electrons. The molecule has 2 heterocycles. The Balaban J connectivity index is 2.16. The summed E-state index contributed by atoms with van der Waals surface area (Å²) in [6.07, 6.45) is 5.16. The van der Waals surface area contributed by atoms with Crippen LogP contribution in [0.1, 0.15) is 5.56 Å². The van der Waals surface area contributed by atoms with Crippen LogP contribution < -0.4 is 0 Å². The molecule has 17 heavy (non-hydrogen) atoms. The molecule has 3 aromatic rings. The highest BCUT2D eigenvalue weighted by molar-refractivity contribution is 5.63. The monoisotopic (exact) mass is 228 g/mol. The minimum absolute atomic E-state index is 0.202. The first kappa shape index (κ1) is 9.89. The summed E-state index contributed by atoms with van der Waals surface area (Å²) in [7, 11) is 0. The van der Waals surface area contributed by atoms with Crippen molar-refractivity contribution in [2.75, 3.05) is 0 Å². The van der Waals surface area contributed by atoms with E-state index in [1.807, 2.05) is 6.20 Å². The second-order valence-corrected chi connectivity index (χ2v) is 3.84. The van der Waals surface area contributed by atoms with E-state index in [2.05, 4.69) is 15.2 Å². The molecule has 4 nitrogen and oxygen atoms in total. The van der Waals surface area contributed by atoms with Crippen molar-refractivity contribution >= 4 is 5.78 Å². The first-order valence-electron chi connectivity index (χ1n) is 5.16. The van der Waals surface area contributed by atoms with E-state index in [0.717, 1.165) is 11.1 Å². The van der Waals surface area contributed by atoms with E-state index in [4.69, 9.17) is 0 Å². The molecule has 1 aromatic carbocycles. The second kappa shape index (κ2) is 3.62. The van der Waals surface area contributed by atoms with Crippen LogP contribution in [0, 0.1) is 12.7 Å². The summed E-state index contributed by atoms with van der Waals surface area (Å²) in [4.78, 5) is 4.17. The van der Waals surface area contributed by atoms with Crippen molar-refractivity contribution in [3.63, 3.8) is 0 Å². The van der Waals surface area contributed by atoms with Crippen molar-refractivity contribution in [2.24, 2.45) is 0 Å². The first-order chi connectivity index (χ1) is 8.24. The highest BCUT2D eigenvalue weighted by Gasteiger charge is 2.04. The predicted molar refractivity (Wildman–Crippen MR) is 60.9 cm³/mol. The van der Waals surface area contributed by atoms with E-state index < -0.39 is 0 Å². The second-order valence-electron chi connectivity index (χ2n) is 3.84. The Labute approximate surface area is 96.8 Å². The molecule has 0 radical (unpaired) electrons. The highest BCUT2D eigenvalue weighted by Crippen LogP contribution is 2.20. The zero-order chi connectivity index (χ0) is 11.8. The standard InChI is InChI=1S/C12H9FN4/c1-8-4-9(2-3-11(8)13)10-5-14-12-16-15-7-17(12)6-10/h2-7H,1H3. The molecule has 3 rings (SSSR count). The fourth-order valence-electron chi connectivity index (χ4n) is 1.70. The predicted octanol–water partition coefficient (Wildman–Crippen LogP) is 2.24. The summed E-state index contributed by atoms with van der Waals surface area (Å²) >= 11 is 0. The van der Waals surface area contributed by atoms with Gasteiger partial charge in [-0.25, -0.2) is 9.37 Å². The fourth-order valence-corrected chi connectivity index (χ4v) is 1.70. The summed E-state index contributed by atoms with van der Waals surface area (Å²) in [6, 6.07) is 4.99. The summed E-state index contributed by atoms with van der Waals surface area (Å²) in [5.74, 6) is 0.347. The van der Waals surface area contributed by atoms with Crippen LogP contribution in [0.3, 0.4) is 0 Å². The summed E-state index contributed by atoms with van der Waals surface area (Å²) in [6.45, 7) is 1.74. The van der Waals surface area contributed by atoms with Crippen LogP contribution in [0.4, 0.5) is 4.39 Å². The minimum Gasteiger partial charge on any atom is -0.272 e. The van der Waals surface area contributed by atoms with Gasteiger partial charge in [-0.05, 0) is 30.2 Å². The number of halogens is 1. The first-order valence-corrected chi connectivity index (χ1v) is 5.16. The maximum atomic E-state index is 13.2. The van der Waals surface area contributed by atoms with Crippen LogP contribution in [-0.2, 0) is 0 Å². The molecule has 0 bridgehead atoms. The Kier molecular flexibility index (Phi) is 2.11. The summed E-state index contributed by atoms with van der Waals surface area (Å²) in [5, 5.41) is 7.59. The Morgan fingerprint density at radius 1 is 1.24 bits per heavy atom. The van der Waals surface area contributed by atoms with E-state index in [0.29, 0.717) is 11.3 Å². The van der Waals surface area contributed by atoms with Gasteiger partial charge in [0.05, 0.1) is 0 Å². The molecule has 0 spiro atoms. The number of hydrogen-bond acceptors (Lipinski definition) is 3. The molecule has 0 aliphatic heterocycles. The number of hydrogen-bond donors (Lipinski definition) is 0. The number of rotatable bonds is 1. The highest BCUT2D eigenvalue weighted by atomic mass is 19.1. The van der Waals surface area contributed by atoms with Crippen LogP contribution in [0.2, 0.25) is 0 Å². The molecule has 0 N–H and O–H groups in total. The average molecular weight is 228 g/mol. The number of aryl methyl sites for hydroxylation is 1. The van der Waals surface area contributed by atoms with E-state index in [-0.39, 0.29) is 5.82 Å². The number of aromatic nitrogens is 4. The molecule has 2 aromatic heterocycles. The van der Waals surface area contributed by atoms with E-state index in [1.54, 1.807) is 36.0 Å². The van der Waals surface area contributed by atoms with Gasteiger partial charge >= 0.3 is 0 Å². The third-order valence-electron chi connectivity index (χ3n) is 2.64. The molecular weight excluding hydrogens is 219 g/mol. The number of nitrogens with zero attached hydrogens (tertiary/aromatic N) is 4. The van der Waals surface area contributed by atoms with E-state index >= 15 is 0 Å². The quantitative estimate of drug-likeness (QED) is 0.641. The van der Waals surface area contributed by atoms with Crippen LogP contribution >= 0.6 is 0 Å². The Hall–Kier alpha value is -2.30. The summed E-state index contributed by atoms with van der Waals surface area (Å²) in [5.41, 5.74) is 2.44. The van der Waals surface area contributed by atoms with Crippen molar-refractivity contribution < 1.29 is 4.39 Å². The van der Waals surface area contributed by atoms with Gasteiger partial charge in [-0.1, -0.05) is 6.07 Å². The maximum Gasteiger partial charge on any atom is 0.254 e. The van der Waals surface area contributed by atoms with Crippen molar-refractivity contribution in [2.45, 2.75) is 6.92 Å². The molecule has 0 fully saturated rings. The van der Waals surface area contributed by atoms with Gasteiger partial charge in [-0.2, -0.15) is 0 Å². The lowest BCUT2D eigenvalue weighted by Crippen LogP contribution is -1.90. The van der Waals surface area contributed by atoms with Gasteiger partial charge in [0.2, 0.25) is 0 Å². The molecule has 0 saturated carbocycles. The van der Waals surface area contributed by atoms with Crippen LogP contribution in [0.15, 0.2) is 36.9 Å². The number of fused-ring (bicyclic) bond motifs is 1. The number of benzene rings is 1. The third kappa shape index (κ3) is 1.65. The maximum absolute atomic E-state index is 13.2. The van der Waals surface area contributed by atoms with E-state index in [9.17, 15) is 4.39 Å². The SMILES string of the molecule is Cc1cc(-c2cnc3nncn3c2)ccc1F. The molecule has 0 atom stereocenters. The molecule has 5 heteroatoms. The lowest BCUT2D eigenvalue weighted by atomic mass is 10.1. The van der Waals surface area contributed by atoms with Crippen LogP contribution in [-0.4, -0.2) is 19.6 Å². The molecule has 0 amide bonds. The van der Waals surface area contributed by atoms with Gasteiger partial charge in [0.1, 0.15) is 12.1 Å². The Bertz CT molecular complexity index is 690. The van der Waals surface area contributed by atoms with Crippen molar-refractivity contribution in [3.8, 4) is 11.1 Å². The Morgan fingerprint density at radius 3 is 2.94 bits per heavy atom. The smallest absolute Gasteiger partial charge is 0.254 e. The minimum atomic E-state index is -0.202. The largest absolute Gasteiger partial charge is 0.272 e. The molecule has 0 aliphatic carbocycles. The van der Waals surface area contributed by atoms with Crippen molar-refractivity contribution in [1.82, 2.24) is 19.6 Å². The lowest BCUT2D eigenvalue weighted by molar-refractivity contribution is 0.619. The average Bonchev–Trinajstić information content (AvgIpc) is 2.79. The van der Waals surface area contributed by atoms with Gasteiger partial charge in [-0.15, -0.1) is 10.2 Å². The lowest BCUT2D eigenvalue weighted by Gasteiger charge is -2.03. The van der Waals surface area contributed by atoms with Gasteiger partial charge in [0.25, 0.3) is 5.78 Å².